The Morgan fingerprint density at radius 1 is 1.23 bits per heavy atom. The largest absolute Gasteiger partial charge is 0.485 e. The van der Waals surface area contributed by atoms with Crippen molar-refractivity contribution >= 4 is 40.1 Å². The Balaban J connectivity index is 1.56. The zero-order valence-corrected chi connectivity index (χ0v) is 15.7. The van der Waals surface area contributed by atoms with Crippen LogP contribution < -0.4 is 9.47 Å². The monoisotopic (exact) mass is 388 g/mol. The van der Waals surface area contributed by atoms with Crippen molar-refractivity contribution < 1.29 is 14.3 Å². The Kier molecular flexibility index (Phi) is 4.78. The van der Waals surface area contributed by atoms with E-state index in [9.17, 15) is 4.79 Å². The summed E-state index contributed by atoms with van der Waals surface area (Å²) in [6.45, 7) is 2.71. The zero-order valence-electron chi connectivity index (χ0n) is 14.1. The second kappa shape index (κ2) is 7.21. The van der Waals surface area contributed by atoms with Crippen molar-refractivity contribution in [1.29, 1.82) is 0 Å². The van der Waals surface area contributed by atoms with Gasteiger partial charge < -0.3 is 9.47 Å². The zero-order chi connectivity index (χ0) is 18.1. The third-order valence-corrected chi connectivity index (χ3v) is 5.65. The maximum atomic E-state index is 13.0. The number of para-hydroxylation sites is 2. The van der Waals surface area contributed by atoms with Gasteiger partial charge in [-0.15, -0.1) is 0 Å². The van der Waals surface area contributed by atoms with Crippen LogP contribution in [-0.4, -0.2) is 41.0 Å². The van der Waals surface area contributed by atoms with E-state index < -0.39 is 6.10 Å². The van der Waals surface area contributed by atoms with Crippen molar-refractivity contribution in [2.24, 2.45) is 4.99 Å². The van der Waals surface area contributed by atoms with Gasteiger partial charge in [0.2, 0.25) is 6.10 Å². The first-order chi connectivity index (χ1) is 12.6. The normalized spacial score (nSPS) is 20.5. The summed E-state index contributed by atoms with van der Waals surface area (Å²) in [7, 11) is 0. The van der Waals surface area contributed by atoms with Gasteiger partial charge in [0.25, 0.3) is 5.91 Å². The number of carbonyl (C=O) groups is 1. The number of ether oxygens (including phenoxy) is 2. The number of amidine groups is 1. The van der Waals surface area contributed by atoms with E-state index in [1.807, 2.05) is 43.3 Å². The molecule has 0 N–H and O–H groups in total. The minimum atomic E-state index is -0.672. The summed E-state index contributed by atoms with van der Waals surface area (Å²) < 4.78 is 11.5. The fourth-order valence-electron chi connectivity index (χ4n) is 2.83. The summed E-state index contributed by atoms with van der Waals surface area (Å²) in [5, 5.41) is 1.33. The summed E-state index contributed by atoms with van der Waals surface area (Å²) in [5.74, 6) is 1.92. The van der Waals surface area contributed by atoms with Gasteiger partial charge in [-0.2, -0.15) is 0 Å². The molecule has 1 saturated heterocycles. The molecule has 0 spiro atoms. The molecular formula is C19H17ClN2O3S. The molecule has 2 aliphatic heterocycles. The van der Waals surface area contributed by atoms with Gasteiger partial charge in [0.05, 0.1) is 5.69 Å². The Hall–Kier alpha value is -2.18. The number of fused-ring (bicyclic) bond motifs is 1. The molecule has 0 radical (unpaired) electrons. The number of amides is 1. The smallest absolute Gasteiger partial charge is 0.273 e. The van der Waals surface area contributed by atoms with Crippen LogP contribution in [0.25, 0.3) is 0 Å². The van der Waals surface area contributed by atoms with E-state index >= 15 is 0 Å². The molecule has 1 atom stereocenters. The van der Waals surface area contributed by atoms with E-state index in [4.69, 9.17) is 21.1 Å². The number of benzene rings is 2. The highest BCUT2D eigenvalue weighted by molar-refractivity contribution is 8.14. The molecule has 1 amide bonds. The average molecular weight is 389 g/mol. The Morgan fingerprint density at radius 2 is 2.04 bits per heavy atom. The highest BCUT2D eigenvalue weighted by Gasteiger charge is 2.35. The minimum Gasteiger partial charge on any atom is -0.485 e. The van der Waals surface area contributed by atoms with Crippen molar-refractivity contribution in [2.75, 3.05) is 18.9 Å². The second-order valence-corrected chi connectivity index (χ2v) is 7.45. The van der Waals surface area contributed by atoms with Gasteiger partial charge in [-0.3, -0.25) is 9.69 Å². The maximum absolute atomic E-state index is 13.0. The van der Waals surface area contributed by atoms with Gasteiger partial charge in [-0.25, -0.2) is 4.99 Å². The molecule has 7 heteroatoms. The first-order valence-corrected chi connectivity index (χ1v) is 9.66. The Morgan fingerprint density at radius 3 is 2.88 bits per heavy atom. The van der Waals surface area contributed by atoms with E-state index in [-0.39, 0.29) is 12.5 Å². The molecule has 4 rings (SSSR count). The van der Waals surface area contributed by atoms with Crippen LogP contribution in [0.1, 0.15) is 5.56 Å². The fourth-order valence-corrected chi connectivity index (χ4v) is 3.96. The predicted molar refractivity (Wildman–Crippen MR) is 104 cm³/mol. The first kappa shape index (κ1) is 17.2. The molecule has 5 nitrogen and oxygen atoms in total. The summed E-state index contributed by atoms with van der Waals surface area (Å²) in [6.07, 6.45) is -0.672. The summed E-state index contributed by atoms with van der Waals surface area (Å²) >= 11 is 7.73. The van der Waals surface area contributed by atoms with Crippen LogP contribution in [0.2, 0.25) is 5.02 Å². The van der Waals surface area contributed by atoms with E-state index in [0.717, 1.165) is 17.0 Å². The number of nitrogens with zero attached hydrogens (tertiary/aromatic N) is 2. The number of halogens is 1. The van der Waals surface area contributed by atoms with Crippen LogP contribution in [0.4, 0.5) is 5.69 Å². The van der Waals surface area contributed by atoms with Gasteiger partial charge in [0, 0.05) is 17.3 Å². The van der Waals surface area contributed by atoms with Gasteiger partial charge >= 0.3 is 0 Å². The van der Waals surface area contributed by atoms with Crippen LogP contribution in [-0.2, 0) is 4.79 Å². The average Bonchev–Trinajstić information content (AvgIpc) is 3.12. The number of rotatable bonds is 2. The molecule has 0 aliphatic carbocycles. The lowest BCUT2D eigenvalue weighted by atomic mass is 10.2. The standard InChI is InChI=1S/C19H17ClN2O3S/c1-12-13(20)5-4-6-14(12)21-19-22(9-10-26-19)18(23)17-11-24-15-7-2-3-8-16(15)25-17/h2-8,17H,9-11H2,1H3. The molecule has 1 fully saturated rings. The van der Waals surface area contributed by atoms with Crippen molar-refractivity contribution in [3.63, 3.8) is 0 Å². The molecule has 0 aromatic heterocycles. The molecule has 2 aromatic rings. The number of hydrogen-bond acceptors (Lipinski definition) is 5. The lowest BCUT2D eigenvalue weighted by Crippen LogP contribution is -2.46. The number of hydrogen-bond donors (Lipinski definition) is 0. The first-order valence-electron chi connectivity index (χ1n) is 8.30. The van der Waals surface area contributed by atoms with Gasteiger partial charge in [-0.05, 0) is 36.8 Å². The van der Waals surface area contributed by atoms with Crippen molar-refractivity contribution in [1.82, 2.24) is 4.90 Å². The molecule has 2 aliphatic rings. The van der Waals surface area contributed by atoms with Gasteiger partial charge in [0.1, 0.15) is 6.61 Å². The Bertz CT molecular complexity index is 887. The predicted octanol–water partition coefficient (Wildman–Crippen LogP) is 4.05. The molecule has 26 heavy (non-hydrogen) atoms. The van der Waals surface area contributed by atoms with E-state index in [1.54, 1.807) is 22.7 Å². The van der Waals surface area contributed by atoms with Crippen molar-refractivity contribution in [2.45, 2.75) is 13.0 Å². The highest BCUT2D eigenvalue weighted by atomic mass is 35.5. The van der Waals surface area contributed by atoms with Crippen LogP contribution in [0, 0.1) is 6.92 Å². The maximum Gasteiger partial charge on any atom is 0.273 e. The summed E-state index contributed by atoms with van der Waals surface area (Å²) in [5.41, 5.74) is 1.67. The van der Waals surface area contributed by atoms with E-state index in [1.165, 1.54) is 0 Å². The van der Waals surface area contributed by atoms with E-state index in [2.05, 4.69) is 4.99 Å². The van der Waals surface area contributed by atoms with Gasteiger partial charge in [0.15, 0.2) is 16.7 Å². The number of thioether (sulfide) groups is 1. The number of aliphatic imine (C=N–C) groups is 1. The minimum absolute atomic E-state index is 0.136. The molecule has 0 saturated carbocycles. The topological polar surface area (TPSA) is 51.1 Å². The van der Waals surface area contributed by atoms with Crippen LogP contribution in [0.3, 0.4) is 0 Å². The highest BCUT2D eigenvalue weighted by Crippen LogP contribution is 2.33. The van der Waals surface area contributed by atoms with E-state index in [0.29, 0.717) is 28.2 Å². The van der Waals surface area contributed by atoms with Crippen LogP contribution in [0.15, 0.2) is 47.5 Å². The number of carbonyl (C=O) groups excluding carboxylic acids is 1. The summed E-state index contributed by atoms with van der Waals surface area (Å²) in [6, 6.07) is 12.9. The molecule has 1 unspecified atom stereocenters. The van der Waals surface area contributed by atoms with Crippen LogP contribution >= 0.6 is 23.4 Å². The Labute approximate surface area is 161 Å². The van der Waals surface area contributed by atoms with Crippen molar-refractivity contribution in [3.8, 4) is 11.5 Å². The molecule has 134 valence electrons. The molecular weight excluding hydrogens is 372 g/mol. The molecule has 2 heterocycles. The molecule has 2 aromatic carbocycles. The third kappa shape index (κ3) is 3.27. The van der Waals surface area contributed by atoms with Crippen molar-refractivity contribution in [3.05, 3.63) is 53.1 Å². The van der Waals surface area contributed by atoms with Gasteiger partial charge in [-0.1, -0.05) is 41.6 Å². The SMILES string of the molecule is Cc1c(Cl)cccc1N=C1SCCN1C(=O)C1COc2ccccc2O1. The second-order valence-electron chi connectivity index (χ2n) is 5.98. The van der Waals surface area contributed by atoms with Crippen LogP contribution in [0.5, 0.6) is 11.5 Å². The lowest BCUT2D eigenvalue weighted by Gasteiger charge is -2.28. The molecule has 0 bridgehead atoms. The fraction of sp³-hybridized carbons (Fsp3) is 0.263. The third-order valence-electron chi connectivity index (χ3n) is 4.28. The lowest BCUT2D eigenvalue weighted by molar-refractivity contribution is -0.136. The quantitative estimate of drug-likeness (QED) is 0.778. The summed E-state index contributed by atoms with van der Waals surface area (Å²) in [4.78, 5) is 19.3.